The summed E-state index contributed by atoms with van der Waals surface area (Å²) in [5.74, 6) is -0.709. The largest absolute Gasteiger partial charge is 0.416 e. The van der Waals surface area contributed by atoms with Gasteiger partial charge < -0.3 is 5.32 Å². The lowest BCUT2D eigenvalue weighted by Gasteiger charge is -2.28. The Morgan fingerprint density at radius 2 is 1.89 bits per heavy atom. The third-order valence-electron chi connectivity index (χ3n) is 2.81. The molecule has 0 aliphatic carbocycles. The molecule has 102 valence electrons. The second-order valence-corrected chi connectivity index (χ2v) is 4.63. The SMILES string of the molecule is CCC(C)(CCl)Nc1ccc(C(F)(F)F)cc1F. The van der Waals surface area contributed by atoms with Crippen LogP contribution >= 0.6 is 11.6 Å². The molecule has 1 nitrogen and oxygen atoms in total. The summed E-state index contributed by atoms with van der Waals surface area (Å²) in [4.78, 5) is 0. The van der Waals surface area contributed by atoms with Crippen LogP contribution in [0.1, 0.15) is 25.8 Å². The van der Waals surface area contributed by atoms with E-state index < -0.39 is 23.1 Å². The zero-order chi connectivity index (χ0) is 14.0. The van der Waals surface area contributed by atoms with Gasteiger partial charge in [-0.3, -0.25) is 0 Å². The maximum atomic E-state index is 13.6. The molecule has 0 aliphatic rings. The van der Waals surface area contributed by atoms with Crippen molar-refractivity contribution < 1.29 is 17.6 Å². The molecule has 0 amide bonds. The molecule has 1 aromatic carbocycles. The Kier molecular flexibility index (Phi) is 4.48. The molecule has 6 heteroatoms. The van der Waals surface area contributed by atoms with Crippen LogP contribution in [0, 0.1) is 5.82 Å². The van der Waals surface area contributed by atoms with Crippen LogP contribution < -0.4 is 5.32 Å². The third kappa shape index (κ3) is 3.51. The molecular weight excluding hydrogens is 270 g/mol. The molecule has 0 radical (unpaired) electrons. The summed E-state index contributed by atoms with van der Waals surface area (Å²) >= 11 is 5.75. The van der Waals surface area contributed by atoms with Crippen LogP contribution in [-0.4, -0.2) is 11.4 Å². The predicted molar refractivity (Wildman–Crippen MR) is 64.4 cm³/mol. The van der Waals surface area contributed by atoms with Crippen LogP contribution in [0.25, 0.3) is 0 Å². The number of hydrogen-bond donors (Lipinski definition) is 1. The lowest BCUT2D eigenvalue weighted by atomic mass is 10.0. The number of rotatable bonds is 4. The minimum atomic E-state index is -4.54. The van der Waals surface area contributed by atoms with Gasteiger partial charge in [0, 0.05) is 11.4 Å². The van der Waals surface area contributed by atoms with Gasteiger partial charge in [-0.2, -0.15) is 13.2 Å². The average molecular weight is 284 g/mol. The molecule has 1 aromatic rings. The molecule has 0 spiro atoms. The fourth-order valence-electron chi connectivity index (χ4n) is 1.33. The minimum absolute atomic E-state index is 0.0213. The molecule has 1 atom stereocenters. The van der Waals surface area contributed by atoms with Gasteiger partial charge in [-0.15, -0.1) is 11.6 Å². The van der Waals surface area contributed by atoms with Gasteiger partial charge >= 0.3 is 6.18 Å². The van der Waals surface area contributed by atoms with Crippen molar-refractivity contribution in [3.8, 4) is 0 Å². The zero-order valence-electron chi connectivity index (χ0n) is 10.0. The molecule has 0 heterocycles. The Labute approximate surface area is 108 Å². The number of nitrogens with one attached hydrogen (secondary N) is 1. The fourth-order valence-corrected chi connectivity index (χ4v) is 1.59. The van der Waals surface area contributed by atoms with Crippen molar-refractivity contribution in [2.45, 2.75) is 32.0 Å². The van der Waals surface area contributed by atoms with Gasteiger partial charge in [-0.05, 0) is 31.5 Å². The van der Waals surface area contributed by atoms with Gasteiger partial charge in [-0.1, -0.05) is 6.92 Å². The first-order chi connectivity index (χ1) is 8.22. The topological polar surface area (TPSA) is 12.0 Å². The van der Waals surface area contributed by atoms with E-state index in [1.807, 2.05) is 6.92 Å². The van der Waals surface area contributed by atoms with Crippen molar-refractivity contribution in [2.24, 2.45) is 0 Å². The highest BCUT2D eigenvalue weighted by atomic mass is 35.5. The Morgan fingerprint density at radius 3 is 2.28 bits per heavy atom. The predicted octanol–water partition coefficient (Wildman–Crippen LogP) is 4.66. The third-order valence-corrected chi connectivity index (χ3v) is 3.40. The summed E-state index contributed by atoms with van der Waals surface area (Å²) in [6.45, 7) is 3.63. The molecule has 0 fully saturated rings. The summed E-state index contributed by atoms with van der Waals surface area (Å²) in [5, 5.41) is 2.83. The maximum absolute atomic E-state index is 13.6. The molecule has 1 unspecified atom stereocenters. The lowest BCUT2D eigenvalue weighted by Crippen LogP contribution is -2.36. The van der Waals surface area contributed by atoms with Crippen molar-refractivity contribution in [1.82, 2.24) is 0 Å². The second kappa shape index (κ2) is 5.34. The van der Waals surface area contributed by atoms with E-state index in [0.717, 1.165) is 12.1 Å². The fraction of sp³-hybridized carbons (Fsp3) is 0.500. The van der Waals surface area contributed by atoms with Gasteiger partial charge in [0.15, 0.2) is 0 Å². The van der Waals surface area contributed by atoms with Gasteiger partial charge in [0.2, 0.25) is 0 Å². The molecule has 0 saturated carbocycles. The van der Waals surface area contributed by atoms with E-state index in [2.05, 4.69) is 5.32 Å². The molecule has 1 N–H and O–H groups in total. The van der Waals surface area contributed by atoms with Crippen LogP contribution in [0.3, 0.4) is 0 Å². The summed E-state index contributed by atoms with van der Waals surface area (Å²) in [7, 11) is 0. The lowest BCUT2D eigenvalue weighted by molar-refractivity contribution is -0.137. The minimum Gasteiger partial charge on any atom is -0.376 e. The number of anilines is 1. The highest BCUT2D eigenvalue weighted by Crippen LogP contribution is 2.32. The molecule has 0 aromatic heterocycles. The molecule has 18 heavy (non-hydrogen) atoms. The first kappa shape index (κ1) is 15.1. The van der Waals surface area contributed by atoms with E-state index in [0.29, 0.717) is 12.5 Å². The van der Waals surface area contributed by atoms with Gasteiger partial charge in [0.25, 0.3) is 0 Å². The Bertz CT molecular complexity index is 413. The molecule has 1 rings (SSSR count). The van der Waals surface area contributed by atoms with Crippen LogP contribution in [0.15, 0.2) is 18.2 Å². The van der Waals surface area contributed by atoms with Crippen LogP contribution in [0.2, 0.25) is 0 Å². The monoisotopic (exact) mass is 283 g/mol. The van der Waals surface area contributed by atoms with Crippen LogP contribution in [-0.2, 0) is 6.18 Å². The number of hydrogen-bond acceptors (Lipinski definition) is 1. The summed E-state index contributed by atoms with van der Waals surface area (Å²) in [6.07, 6.45) is -3.92. The van der Waals surface area contributed by atoms with Crippen LogP contribution in [0.5, 0.6) is 0 Å². The first-order valence-electron chi connectivity index (χ1n) is 5.43. The van der Waals surface area contributed by atoms with Gasteiger partial charge in [0.1, 0.15) is 5.82 Å². The van der Waals surface area contributed by atoms with Crippen molar-refractivity contribution in [1.29, 1.82) is 0 Å². The van der Waals surface area contributed by atoms with Crippen molar-refractivity contribution in [3.63, 3.8) is 0 Å². The Morgan fingerprint density at radius 1 is 1.28 bits per heavy atom. The van der Waals surface area contributed by atoms with Gasteiger partial charge in [-0.25, -0.2) is 4.39 Å². The first-order valence-corrected chi connectivity index (χ1v) is 5.96. The van der Waals surface area contributed by atoms with E-state index in [1.165, 1.54) is 0 Å². The van der Waals surface area contributed by atoms with Crippen molar-refractivity contribution in [2.75, 3.05) is 11.2 Å². The molecule has 0 aliphatic heterocycles. The Balaban J connectivity index is 3.00. The highest BCUT2D eigenvalue weighted by Gasteiger charge is 2.31. The maximum Gasteiger partial charge on any atom is 0.416 e. The second-order valence-electron chi connectivity index (χ2n) is 4.37. The average Bonchev–Trinajstić information content (AvgIpc) is 2.30. The summed E-state index contributed by atoms with van der Waals surface area (Å²) in [5.41, 5.74) is -1.54. The number of benzene rings is 1. The van der Waals surface area contributed by atoms with Crippen molar-refractivity contribution in [3.05, 3.63) is 29.6 Å². The normalized spacial score (nSPS) is 15.3. The zero-order valence-corrected chi connectivity index (χ0v) is 10.8. The number of alkyl halides is 4. The summed E-state index contributed by atoms with van der Waals surface area (Å²) < 4.78 is 50.7. The smallest absolute Gasteiger partial charge is 0.376 e. The van der Waals surface area contributed by atoms with E-state index in [4.69, 9.17) is 11.6 Å². The molecule has 0 bridgehead atoms. The van der Waals surface area contributed by atoms with E-state index >= 15 is 0 Å². The van der Waals surface area contributed by atoms with E-state index in [1.54, 1.807) is 6.92 Å². The van der Waals surface area contributed by atoms with E-state index in [-0.39, 0.29) is 11.6 Å². The number of halogens is 5. The van der Waals surface area contributed by atoms with Gasteiger partial charge in [0.05, 0.1) is 11.3 Å². The van der Waals surface area contributed by atoms with Crippen LogP contribution in [0.4, 0.5) is 23.2 Å². The standard InChI is InChI=1S/C12H14ClF4N/c1-3-11(2,7-13)18-10-5-4-8(6-9(10)14)12(15,16)17/h4-6,18H,3,7H2,1-2H3. The summed E-state index contributed by atoms with van der Waals surface area (Å²) in [6, 6.07) is 2.40. The van der Waals surface area contributed by atoms with Crippen molar-refractivity contribution >= 4 is 17.3 Å². The highest BCUT2D eigenvalue weighted by molar-refractivity contribution is 6.18. The molecular formula is C12H14ClF4N. The Hall–Kier alpha value is -0.970. The quantitative estimate of drug-likeness (QED) is 0.626. The molecule has 0 saturated heterocycles. The van der Waals surface area contributed by atoms with E-state index in [9.17, 15) is 17.6 Å².